The van der Waals surface area contributed by atoms with E-state index < -0.39 is 0 Å². The van der Waals surface area contributed by atoms with E-state index in [2.05, 4.69) is 5.32 Å². The molecule has 1 aromatic carbocycles. The van der Waals surface area contributed by atoms with Gasteiger partial charge in [-0.25, -0.2) is 0 Å². The number of carbonyl (C=O) groups excluding carboxylic acids is 1. The van der Waals surface area contributed by atoms with E-state index >= 15 is 0 Å². The lowest BCUT2D eigenvalue weighted by Crippen LogP contribution is -2.34. The molecule has 2 unspecified atom stereocenters. The third-order valence-electron chi connectivity index (χ3n) is 3.61. The molecular weight excluding hydrogens is 252 g/mol. The molecule has 0 aromatic heterocycles. The first-order valence-electron chi connectivity index (χ1n) is 6.64. The molecule has 2 atom stereocenters. The second-order valence-corrected chi connectivity index (χ2v) is 5.10. The van der Waals surface area contributed by atoms with Crippen molar-refractivity contribution in [3.8, 4) is 12.1 Å². The Morgan fingerprint density at radius 1 is 1.25 bits per heavy atom. The predicted molar refractivity (Wildman–Crippen MR) is 74.4 cm³/mol. The maximum Gasteiger partial charge on any atom is 0.227 e. The lowest BCUT2D eigenvalue weighted by atomic mass is 9.85. The van der Waals surface area contributed by atoms with E-state index in [-0.39, 0.29) is 23.4 Å². The first kappa shape index (κ1) is 14.0. The monoisotopic (exact) mass is 268 g/mol. The summed E-state index contributed by atoms with van der Waals surface area (Å²) in [6.07, 6.45) is 3.49. The Labute approximate surface area is 118 Å². The first-order valence-corrected chi connectivity index (χ1v) is 6.64. The van der Waals surface area contributed by atoms with Crippen LogP contribution in [0.25, 0.3) is 0 Å². The normalized spacial score (nSPS) is 21.6. The lowest BCUT2D eigenvalue weighted by molar-refractivity contribution is -0.120. The van der Waals surface area contributed by atoms with Crippen LogP contribution in [-0.2, 0) is 4.79 Å². The van der Waals surface area contributed by atoms with E-state index in [0.717, 1.165) is 19.3 Å². The largest absolute Gasteiger partial charge is 0.328 e. The number of anilines is 1. The lowest BCUT2D eigenvalue weighted by Gasteiger charge is -2.25. The number of nitrogens with zero attached hydrogens (tertiary/aromatic N) is 2. The van der Waals surface area contributed by atoms with Gasteiger partial charge in [0.1, 0.15) is 12.1 Å². The summed E-state index contributed by atoms with van der Waals surface area (Å²) >= 11 is 0. The van der Waals surface area contributed by atoms with Crippen molar-refractivity contribution in [2.45, 2.75) is 31.7 Å². The summed E-state index contributed by atoms with van der Waals surface area (Å²) in [5.74, 6) is -0.131. The molecule has 0 saturated heterocycles. The average molecular weight is 268 g/mol. The van der Waals surface area contributed by atoms with Crippen molar-refractivity contribution in [1.82, 2.24) is 0 Å². The van der Waals surface area contributed by atoms with Gasteiger partial charge in [-0.3, -0.25) is 4.79 Å². The fourth-order valence-corrected chi connectivity index (χ4v) is 2.52. The van der Waals surface area contributed by atoms with Crippen molar-refractivity contribution in [3.05, 3.63) is 29.3 Å². The van der Waals surface area contributed by atoms with Crippen LogP contribution in [0.2, 0.25) is 0 Å². The molecule has 1 aromatic rings. The number of nitrogens with one attached hydrogen (secondary N) is 1. The number of benzene rings is 1. The van der Waals surface area contributed by atoms with Crippen LogP contribution in [0.1, 0.15) is 36.8 Å². The average Bonchev–Trinajstić information content (AvgIpc) is 2.47. The summed E-state index contributed by atoms with van der Waals surface area (Å²) in [5.41, 5.74) is 7.01. The van der Waals surface area contributed by atoms with Crippen LogP contribution in [0.4, 0.5) is 5.69 Å². The standard InChI is InChI=1S/C15H16N4O/c16-8-11-4-5-14(7-12(11)9-17)19-15(20)10-2-1-3-13(18)6-10/h4-5,7,10,13H,1-3,6,18H2,(H,19,20). The third kappa shape index (κ3) is 3.14. The molecular formula is C15H16N4O. The maximum atomic E-state index is 12.2. The fraction of sp³-hybridized carbons (Fsp3) is 0.400. The molecule has 102 valence electrons. The van der Waals surface area contributed by atoms with Crippen molar-refractivity contribution in [3.63, 3.8) is 0 Å². The van der Waals surface area contributed by atoms with Gasteiger partial charge in [-0.1, -0.05) is 6.42 Å². The molecule has 1 saturated carbocycles. The summed E-state index contributed by atoms with van der Waals surface area (Å²) in [4.78, 5) is 12.2. The Morgan fingerprint density at radius 3 is 2.65 bits per heavy atom. The van der Waals surface area contributed by atoms with Crippen molar-refractivity contribution < 1.29 is 4.79 Å². The van der Waals surface area contributed by atoms with Crippen molar-refractivity contribution >= 4 is 11.6 Å². The Kier molecular flexibility index (Phi) is 4.34. The molecule has 1 fully saturated rings. The number of nitriles is 2. The van der Waals surface area contributed by atoms with Gasteiger partial charge in [0.25, 0.3) is 0 Å². The van der Waals surface area contributed by atoms with E-state index in [1.54, 1.807) is 12.1 Å². The summed E-state index contributed by atoms with van der Waals surface area (Å²) < 4.78 is 0. The quantitative estimate of drug-likeness (QED) is 0.854. The van der Waals surface area contributed by atoms with Gasteiger partial charge in [0.15, 0.2) is 0 Å². The van der Waals surface area contributed by atoms with Gasteiger partial charge in [0.05, 0.1) is 11.1 Å². The van der Waals surface area contributed by atoms with Gasteiger partial charge in [-0.2, -0.15) is 10.5 Å². The number of nitrogens with two attached hydrogens (primary N) is 1. The minimum atomic E-state index is -0.0695. The van der Waals surface area contributed by atoms with Crippen LogP contribution < -0.4 is 11.1 Å². The Hall–Kier alpha value is -2.37. The van der Waals surface area contributed by atoms with Crippen LogP contribution in [0.3, 0.4) is 0 Å². The molecule has 5 heteroatoms. The fourth-order valence-electron chi connectivity index (χ4n) is 2.52. The van der Waals surface area contributed by atoms with Gasteiger partial charge < -0.3 is 11.1 Å². The Bertz CT molecular complexity index is 597. The summed E-state index contributed by atoms with van der Waals surface area (Å²) in [5, 5.41) is 20.6. The smallest absolute Gasteiger partial charge is 0.227 e. The molecule has 0 radical (unpaired) electrons. The van der Waals surface area contributed by atoms with Crippen LogP contribution >= 0.6 is 0 Å². The van der Waals surface area contributed by atoms with Gasteiger partial charge >= 0.3 is 0 Å². The highest BCUT2D eigenvalue weighted by molar-refractivity contribution is 5.92. The van der Waals surface area contributed by atoms with E-state index in [9.17, 15) is 4.79 Å². The molecule has 2 rings (SSSR count). The van der Waals surface area contributed by atoms with Gasteiger partial charge in [-0.15, -0.1) is 0 Å². The van der Waals surface area contributed by atoms with Crippen molar-refractivity contribution in [1.29, 1.82) is 10.5 Å². The zero-order valence-electron chi connectivity index (χ0n) is 11.1. The minimum Gasteiger partial charge on any atom is -0.328 e. The molecule has 0 spiro atoms. The SMILES string of the molecule is N#Cc1ccc(NC(=O)C2CCCC(N)C2)cc1C#N. The molecule has 1 aliphatic carbocycles. The summed E-state index contributed by atoms with van der Waals surface area (Å²) in [7, 11) is 0. The predicted octanol–water partition coefficient (Wildman–Crippen LogP) is 1.89. The highest BCUT2D eigenvalue weighted by atomic mass is 16.1. The number of rotatable bonds is 2. The zero-order chi connectivity index (χ0) is 14.5. The summed E-state index contributed by atoms with van der Waals surface area (Å²) in [6.45, 7) is 0. The van der Waals surface area contributed by atoms with Crippen LogP contribution in [0.15, 0.2) is 18.2 Å². The van der Waals surface area contributed by atoms with Crippen LogP contribution in [0, 0.1) is 28.6 Å². The maximum absolute atomic E-state index is 12.2. The summed E-state index contributed by atoms with van der Waals surface area (Å²) in [6, 6.07) is 8.70. The number of amides is 1. The number of hydrogen-bond acceptors (Lipinski definition) is 4. The Morgan fingerprint density at radius 2 is 2.00 bits per heavy atom. The van der Waals surface area contributed by atoms with E-state index in [1.165, 1.54) is 6.07 Å². The topological polar surface area (TPSA) is 103 Å². The van der Waals surface area contributed by atoms with E-state index in [0.29, 0.717) is 17.7 Å². The second-order valence-electron chi connectivity index (χ2n) is 5.10. The zero-order valence-corrected chi connectivity index (χ0v) is 11.1. The molecule has 0 bridgehead atoms. The number of hydrogen-bond donors (Lipinski definition) is 2. The molecule has 5 nitrogen and oxygen atoms in total. The molecule has 3 N–H and O–H groups in total. The molecule has 1 aliphatic rings. The Balaban J connectivity index is 2.08. The molecule has 20 heavy (non-hydrogen) atoms. The molecule has 0 aliphatic heterocycles. The van der Waals surface area contributed by atoms with Crippen LogP contribution in [0.5, 0.6) is 0 Å². The number of carbonyl (C=O) groups is 1. The van der Waals surface area contributed by atoms with Gasteiger partial charge in [-0.05, 0) is 37.5 Å². The van der Waals surface area contributed by atoms with Crippen LogP contribution in [-0.4, -0.2) is 11.9 Å². The van der Waals surface area contributed by atoms with E-state index in [1.807, 2.05) is 12.1 Å². The second kappa shape index (κ2) is 6.18. The van der Waals surface area contributed by atoms with E-state index in [4.69, 9.17) is 16.3 Å². The van der Waals surface area contributed by atoms with Gasteiger partial charge in [0, 0.05) is 17.6 Å². The van der Waals surface area contributed by atoms with Gasteiger partial charge in [0.2, 0.25) is 5.91 Å². The molecule has 0 heterocycles. The third-order valence-corrected chi connectivity index (χ3v) is 3.61. The molecule has 1 amide bonds. The highest BCUT2D eigenvalue weighted by Crippen LogP contribution is 2.25. The minimum absolute atomic E-state index is 0.0613. The van der Waals surface area contributed by atoms with Crippen molar-refractivity contribution in [2.24, 2.45) is 11.7 Å². The highest BCUT2D eigenvalue weighted by Gasteiger charge is 2.25. The van der Waals surface area contributed by atoms with Crippen molar-refractivity contribution in [2.75, 3.05) is 5.32 Å². The first-order chi connectivity index (χ1) is 9.63.